The number of halogens is 2. The third-order valence-corrected chi connectivity index (χ3v) is 2.41. The molecule has 0 aliphatic rings. The van der Waals surface area contributed by atoms with Crippen molar-refractivity contribution in [3.63, 3.8) is 0 Å². The van der Waals surface area contributed by atoms with Crippen molar-refractivity contribution in [2.24, 2.45) is 0 Å². The summed E-state index contributed by atoms with van der Waals surface area (Å²) in [6, 6.07) is 11.0. The smallest absolute Gasteiger partial charge is 0.142 e. The van der Waals surface area contributed by atoms with Gasteiger partial charge in [-0.1, -0.05) is 18.1 Å². The monoisotopic (exact) mass is 254 g/mol. The van der Waals surface area contributed by atoms with Gasteiger partial charge in [0.25, 0.3) is 0 Å². The highest BCUT2D eigenvalue weighted by Crippen LogP contribution is 2.11. The van der Waals surface area contributed by atoms with E-state index in [1.165, 1.54) is 48.5 Å². The Labute approximate surface area is 109 Å². The first-order valence-electron chi connectivity index (χ1n) is 5.47. The molecule has 1 nitrogen and oxygen atoms in total. The third kappa shape index (κ3) is 3.38. The van der Waals surface area contributed by atoms with Gasteiger partial charge < -0.3 is 0 Å². The van der Waals surface area contributed by atoms with Gasteiger partial charge >= 0.3 is 0 Å². The van der Waals surface area contributed by atoms with Crippen molar-refractivity contribution in [3.05, 3.63) is 71.3 Å². The molecule has 0 saturated heterocycles. The molecule has 92 valence electrons. The fourth-order valence-electron chi connectivity index (χ4n) is 1.44. The highest BCUT2D eigenvalue weighted by atomic mass is 19.1. The van der Waals surface area contributed by atoms with Gasteiger partial charge in [-0.25, -0.2) is 13.6 Å². The van der Waals surface area contributed by atoms with Gasteiger partial charge in [-0.3, -0.25) is 0 Å². The second-order valence-corrected chi connectivity index (χ2v) is 3.74. The van der Waals surface area contributed by atoms with Crippen LogP contribution in [0.15, 0.2) is 48.5 Å². The Kier molecular flexibility index (Phi) is 3.87. The molecule has 0 heterocycles. The third-order valence-electron chi connectivity index (χ3n) is 2.41. The lowest BCUT2D eigenvalue weighted by molar-refractivity contribution is 0.569. The average Bonchev–Trinajstić information content (AvgIpc) is 2.43. The number of hydrogen-bond acceptors (Lipinski definition) is 1. The Hall–Kier alpha value is -2.69. The van der Waals surface area contributed by atoms with E-state index in [4.69, 9.17) is 0 Å². The van der Waals surface area contributed by atoms with E-state index in [-0.39, 0.29) is 17.2 Å². The number of carbonyl (C=O) groups excluding carboxylic acids is 1. The van der Waals surface area contributed by atoms with Crippen molar-refractivity contribution >= 4 is 11.5 Å². The summed E-state index contributed by atoms with van der Waals surface area (Å²) in [7, 11) is 0. The molecule has 0 radical (unpaired) electrons. The molecule has 0 bridgehead atoms. The number of allylic oxidation sites excluding steroid dienone is 1. The van der Waals surface area contributed by atoms with Crippen molar-refractivity contribution in [2.45, 2.75) is 0 Å². The highest BCUT2D eigenvalue weighted by Gasteiger charge is 1.99. The van der Waals surface area contributed by atoms with Gasteiger partial charge in [0, 0.05) is 11.1 Å². The van der Waals surface area contributed by atoms with Crippen LogP contribution in [0.2, 0.25) is 0 Å². The molecule has 0 N–H and O–H groups in total. The zero-order chi connectivity index (χ0) is 13.7. The Morgan fingerprint density at radius 3 is 1.89 bits per heavy atom. The maximum absolute atomic E-state index is 12.8. The number of rotatable bonds is 1. The van der Waals surface area contributed by atoms with E-state index in [1.54, 1.807) is 5.94 Å². The van der Waals surface area contributed by atoms with Crippen LogP contribution >= 0.6 is 0 Å². The van der Waals surface area contributed by atoms with Crippen LogP contribution in [0.1, 0.15) is 11.1 Å². The van der Waals surface area contributed by atoms with Crippen LogP contribution in [0.4, 0.5) is 8.78 Å². The van der Waals surface area contributed by atoms with Gasteiger partial charge in [-0.2, -0.15) is 0 Å². The molecule has 0 aromatic heterocycles. The Balaban J connectivity index is 2.28. The minimum atomic E-state index is -0.388. The van der Waals surface area contributed by atoms with Gasteiger partial charge in [-0.05, 0) is 42.3 Å². The van der Waals surface area contributed by atoms with Gasteiger partial charge in [0.1, 0.15) is 23.1 Å². The van der Waals surface area contributed by atoms with Crippen LogP contribution in [-0.2, 0) is 4.79 Å². The van der Waals surface area contributed by atoms with Crippen molar-refractivity contribution < 1.29 is 13.6 Å². The van der Waals surface area contributed by atoms with Crippen molar-refractivity contribution in [1.29, 1.82) is 0 Å². The second kappa shape index (κ2) is 5.77. The number of hydrogen-bond donors (Lipinski definition) is 0. The molecule has 0 unspecified atom stereocenters. The Morgan fingerprint density at radius 2 is 1.37 bits per heavy atom. The molecule has 3 heteroatoms. The minimum Gasteiger partial charge on any atom is -0.232 e. The summed E-state index contributed by atoms with van der Waals surface area (Å²) in [4.78, 5) is 10.8. The Morgan fingerprint density at radius 1 is 0.842 bits per heavy atom. The summed E-state index contributed by atoms with van der Waals surface area (Å²) in [5.41, 5.74) is 1.20. The van der Waals surface area contributed by atoms with Crippen LogP contribution in [-0.4, -0.2) is 5.94 Å². The van der Waals surface area contributed by atoms with Crippen LogP contribution in [0, 0.1) is 23.5 Å². The fourth-order valence-corrected chi connectivity index (χ4v) is 1.44. The van der Waals surface area contributed by atoms with E-state index in [2.05, 4.69) is 11.8 Å². The number of benzene rings is 2. The van der Waals surface area contributed by atoms with E-state index in [0.717, 1.165) is 0 Å². The minimum absolute atomic E-state index is 0.129. The van der Waals surface area contributed by atoms with Crippen molar-refractivity contribution in [3.8, 4) is 11.8 Å². The molecule has 0 aliphatic heterocycles. The summed E-state index contributed by atoms with van der Waals surface area (Å²) >= 11 is 0. The van der Waals surface area contributed by atoms with Crippen molar-refractivity contribution in [2.75, 3.05) is 0 Å². The predicted octanol–water partition coefficient (Wildman–Crippen LogP) is 3.23. The first-order chi connectivity index (χ1) is 9.19. The quantitative estimate of drug-likeness (QED) is 0.564. The summed E-state index contributed by atoms with van der Waals surface area (Å²) < 4.78 is 25.5. The molecular weight excluding hydrogens is 246 g/mol. The van der Waals surface area contributed by atoms with E-state index in [9.17, 15) is 13.6 Å². The zero-order valence-electron chi connectivity index (χ0n) is 9.78. The molecule has 0 aliphatic carbocycles. The second-order valence-electron chi connectivity index (χ2n) is 3.74. The zero-order valence-corrected chi connectivity index (χ0v) is 9.78. The lowest BCUT2D eigenvalue weighted by atomic mass is 10.1. The van der Waals surface area contributed by atoms with Gasteiger partial charge in [0.15, 0.2) is 0 Å². The van der Waals surface area contributed by atoms with Crippen LogP contribution < -0.4 is 0 Å². The van der Waals surface area contributed by atoms with Crippen LogP contribution in [0.5, 0.6) is 0 Å². The topological polar surface area (TPSA) is 17.1 Å². The normalized spacial score (nSPS) is 9.16. The van der Waals surface area contributed by atoms with E-state index in [1.807, 2.05) is 0 Å². The largest absolute Gasteiger partial charge is 0.232 e. The molecule has 2 aromatic carbocycles. The molecule has 0 spiro atoms. The average molecular weight is 254 g/mol. The molecule has 0 atom stereocenters. The van der Waals surface area contributed by atoms with E-state index in [0.29, 0.717) is 11.1 Å². The highest BCUT2D eigenvalue weighted by molar-refractivity contribution is 5.96. The summed E-state index contributed by atoms with van der Waals surface area (Å²) in [6.07, 6.45) is 0. The first-order valence-corrected chi connectivity index (χ1v) is 5.47. The van der Waals surface area contributed by atoms with E-state index >= 15 is 0 Å². The fraction of sp³-hybridized carbons (Fsp3) is 0. The molecule has 0 fully saturated rings. The lowest BCUT2D eigenvalue weighted by Crippen LogP contribution is -1.84. The van der Waals surface area contributed by atoms with Gasteiger partial charge in [0.05, 0.1) is 0 Å². The SMILES string of the molecule is O=C=C(C#Cc1ccc(F)cc1)c1ccc(F)cc1. The maximum atomic E-state index is 12.8. The van der Waals surface area contributed by atoms with Crippen LogP contribution in [0.25, 0.3) is 5.57 Å². The Bertz CT molecular complexity index is 682. The lowest BCUT2D eigenvalue weighted by Gasteiger charge is -1.95. The summed E-state index contributed by atoms with van der Waals surface area (Å²) in [5.74, 6) is 6.34. The maximum Gasteiger partial charge on any atom is 0.142 e. The van der Waals surface area contributed by atoms with Gasteiger partial charge in [-0.15, -0.1) is 0 Å². The summed E-state index contributed by atoms with van der Waals surface area (Å²) in [5, 5.41) is 0. The first kappa shape index (κ1) is 12.8. The molecule has 2 rings (SSSR count). The molecular formula is C16H8F2O. The molecule has 2 aromatic rings. The van der Waals surface area contributed by atoms with E-state index < -0.39 is 0 Å². The molecule has 0 saturated carbocycles. The standard InChI is InChI=1S/C16H8F2O/c17-15-7-2-12(3-8-15)1-4-14(11-19)13-5-9-16(18)10-6-13/h2-3,5-10H. The van der Waals surface area contributed by atoms with Crippen molar-refractivity contribution in [1.82, 2.24) is 0 Å². The molecule has 0 amide bonds. The molecule has 19 heavy (non-hydrogen) atoms. The van der Waals surface area contributed by atoms with Crippen LogP contribution in [0.3, 0.4) is 0 Å². The van der Waals surface area contributed by atoms with Gasteiger partial charge in [0.2, 0.25) is 0 Å². The summed E-state index contributed by atoms with van der Waals surface area (Å²) in [6.45, 7) is 0. The predicted molar refractivity (Wildman–Crippen MR) is 68.8 cm³/mol.